The zero-order valence-corrected chi connectivity index (χ0v) is 11.1. The topological polar surface area (TPSA) is 40.5 Å². The molecule has 0 saturated heterocycles. The van der Waals surface area contributed by atoms with E-state index in [1.54, 1.807) is 0 Å². The van der Waals surface area contributed by atoms with Crippen LogP contribution in [0.15, 0.2) is 24.3 Å². The smallest absolute Gasteiger partial charge is 0.303 e. The molecule has 0 radical (unpaired) electrons. The molecule has 0 saturated carbocycles. The number of fused-ring (bicyclic) bond motifs is 1. The molecule has 1 aromatic rings. The Morgan fingerprint density at radius 1 is 1.44 bits per heavy atom. The lowest BCUT2D eigenvalue weighted by Crippen LogP contribution is -2.26. The van der Waals surface area contributed by atoms with Crippen LogP contribution in [0.2, 0.25) is 0 Å². The van der Waals surface area contributed by atoms with E-state index in [2.05, 4.69) is 36.9 Å². The highest BCUT2D eigenvalue weighted by molar-refractivity contribution is 5.67. The summed E-state index contributed by atoms with van der Waals surface area (Å²) in [6.45, 7) is 6.44. The van der Waals surface area contributed by atoms with Crippen molar-refractivity contribution in [3.8, 4) is 0 Å². The number of anilines is 1. The molecule has 1 aliphatic heterocycles. The third-order valence-corrected chi connectivity index (χ3v) is 3.45. The molecule has 0 spiro atoms. The van der Waals surface area contributed by atoms with E-state index >= 15 is 0 Å². The van der Waals surface area contributed by atoms with Crippen molar-refractivity contribution in [3.63, 3.8) is 0 Å². The molecule has 1 atom stereocenters. The van der Waals surface area contributed by atoms with Crippen LogP contribution in [0.3, 0.4) is 0 Å². The second kappa shape index (κ2) is 5.42. The van der Waals surface area contributed by atoms with Crippen molar-refractivity contribution >= 4 is 11.7 Å². The van der Waals surface area contributed by atoms with Crippen LogP contribution < -0.4 is 4.90 Å². The van der Waals surface area contributed by atoms with Gasteiger partial charge in [-0.15, -0.1) is 0 Å². The van der Waals surface area contributed by atoms with E-state index in [0.29, 0.717) is 11.8 Å². The SMILES string of the molecule is CC(C)CN1CC(CCC(=O)O)c2ccccc21. The van der Waals surface area contributed by atoms with Crippen LogP contribution in [0.4, 0.5) is 5.69 Å². The molecular weight excluding hydrogens is 226 g/mol. The van der Waals surface area contributed by atoms with Gasteiger partial charge in [-0.1, -0.05) is 32.0 Å². The fourth-order valence-electron chi connectivity index (χ4n) is 2.74. The highest BCUT2D eigenvalue weighted by Gasteiger charge is 2.28. The minimum absolute atomic E-state index is 0.258. The summed E-state index contributed by atoms with van der Waals surface area (Å²) in [5, 5.41) is 8.82. The Morgan fingerprint density at radius 2 is 2.17 bits per heavy atom. The van der Waals surface area contributed by atoms with Gasteiger partial charge in [-0.05, 0) is 24.0 Å². The summed E-state index contributed by atoms with van der Waals surface area (Å²) < 4.78 is 0. The lowest BCUT2D eigenvalue weighted by atomic mass is 9.96. The first-order valence-corrected chi connectivity index (χ1v) is 6.63. The van der Waals surface area contributed by atoms with Gasteiger partial charge in [0.1, 0.15) is 0 Å². The number of para-hydroxylation sites is 1. The van der Waals surface area contributed by atoms with Crippen LogP contribution in [0, 0.1) is 5.92 Å². The van der Waals surface area contributed by atoms with Crippen molar-refractivity contribution < 1.29 is 9.90 Å². The van der Waals surface area contributed by atoms with Crippen molar-refractivity contribution in [2.24, 2.45) is 5.92 Å². The van der Waals surface area contributed by atoms with E-state index in [-0.39, 0.29) is 6.42 Å². The average molecular weight is 247 g/mol. The van der Waals surface area contributed by atoms with Gasteiger partial charge in [-0.2, -0.15) is 0 Å². The maximum absolute atomic E-state index is 10.7. The first-order chi connectivity index (χ1) is 8.58. The van der Waals surface area contributed by atoms with Crippen LogP contribution in [-0.2, 0) is 4.79 Å². The molecule has 3 nitrogen and oxygen atoms in total. The minimum Gasteiger partial charge on any atom is -0.481 e. The zero-order valence-electron chi connectivity index (χ0n) is 11.1. The molecule has 0 bridgehead atoms. The monoisotopic (exact) mass is 247 g/mol. The van der Waals surface area contributed by atoms with E-state index in [0.717, 1.165) is 19.5 Å². The Balaban J connectivity index is 2.14. The summed E-state index contributed by atoms with van der Waals surface area (Å²) in [4.78, 5) is 13.1. The fourth-order valence-corrected chi connectivity index (χ4v) is 2.74. The predicted octanol–water partition coefficient (Wildman–Crippen LogP) is 3.11. The summed E-state index contributed by atoms with van der Waals surface area (Å²) in [6.07, 6.45) is 0.995. The number of carboxylic acid groups (broad SMARTS) is 1. The number of rotatable bonds is 5. The van der Waals surface area contributed by atoms with Gasteiger partial charge in [0, 0.05) is 31.1 Å². The summed E-state index contributed by atoms with van der Waals surface area (Å²) >= 11 is 0. The van der Waals surface area contributed by atoms with Crippen molar-refractivity contribution in [2.45, 2.75) is 32.6 Å². The van der Waals surface area contributed by atoms with Crippen LogP contribution in [0.25, 0.3) is 0 Å². The second-order valence-corrected chi connectivity index (χ2v) is 5.49. The van der Waals surface area contributed by atoms with Crippen molar-refractivity contribution in [3.05, 3.63) is 29.8 Å². The standard InChI is InChI=1S/C15H21NO2/c1-11(2)9-16-10-12(7-8-15(17)18)13-5-3-4-6-14(13)16/h3-6,11-12H,7-10H2,1-2H3,(H,17,18). The zero-order chi connectivity index (χ0) is 13.1. The molecule has 1 aromatic carbocycles. The molecule has 1 N–H and O–H groups in total. The molecule has 1 unspecified atom stereocenters. The maximum atomic E-state index is 10.7. The van der Waals surface area contributed by atoms with Gasteiger partial charge < -0.3 is 10.0 Å². The number of hydrogen-bond donors (Lipinski definition) is 1. The maximum Gasteiger partial charge on any atom is 0.303 e. The molecule has 0 aliphatic carbocycles. The molecule has 98 valence electrons. The molecule has 0 aromatic heterocycles. The highest BCUT2D eigenvalue weighted by Crippen LogP contribution is 2.38. The number of carbonyl (C=O) groups is 1. The third-order valence-electron chi connectivity index (χ3n) is 3.45. The summed E-state index contributed by atoms with van der Waals surface area (Å²) in [7, 11) is 0. The molecule has 0 amide bonds. The predicted molar refractivity (Wildman–Crippen MR) is 73.1 cm³/mol. The summed E-state index contributed by atoms with van der Waals surface area (Å²) in [5.41, 5.74) is 2.61. The lowest BCUT2D eigenvalue weighted by molar-refractivity contribution is -0.137. The molecule has 18 heavy (non-hydrogen) atoms. The van der Waals surface area contributed by atoms with Crippen molar-refractivity contribution in [2.75, 3.05) is 18.0 Å². The Labute approximate surface area is 108 Å². The van der Waals surface area contributed by atoms with Crippen LogP contribution in [-0.4, -0.2) is 24.2 Å². The van der Waals surface area contributed by atoms with Crippen molar-refractivity contribution in [1.82, 2.24) is 0 Å². The van der Waals surface area contributed by atoms with Crippen LogP contribution in [0.1, 0.15) is 38.2 Å². The first kappa shape index (κ1) is 12.9. The molecule has 1 aliphatic rings. The average Bonchev–Trinajstić information content (AvgIpc) is 2.65. The largest absolute Gasteiger partial charge is 0.481 e. The summed E-state index contributed by atoms with van der Waals surface area (Å²) in [6, 6.07) is 8.40. The van der Waals surface area contributed by atoms with Gasteiger partial charge in [-0.3, -0.25) is 4.79 Å². The lowest BCUT2D eigenvalue weighted by Gasteiger charge is -2.22. The van der Waals surface area contributed by atoms with Gasteiger partial charge >= 0.3 is 5.97 Å². The van der Waals surface area contributed by atoms with E-state index < -0.39 is 5.97 Å². The van der Waals surface area contributed by atoms with Crippen molar-refractivity contribution in [1.29, 1.82) is 0 Å². The number of hydrogen-bond acceptors (Lipinski definition) is 2. The highest BCUT2D eigenvalue weighted by atomic mass is 16.4. The van der Waals surface area contributed by atoms with Gasteiger partial charge in [0.25, 0.3) is 0 Å². The molecule has 2 rings (SSSR count). The van der Waals surface area contributed by atoms with E-state index in [4.69, 9.17) is 5.11 Å². The molecule has 0 fully saturated rings. The van der Waals surface area contributed by atoms with E-state index in [9.17, 15) is 4.79 Å². The van der Waals surface area contributed by atoms with Gasteiger partial charge in [-0.25, -0.2) is 0 Å². The van der Waals surface area contributed by atoms with Crippen LogP contribution >= 0.6 is 0 Å². The van der Waals surface area contributed by atoms with Gasteiger partial charge in [0.05, 0.1) is 0 Å². The number of carboxylic acids is 1. The third kappa shape index (κ3) is 2.84. The molecule has 1 heterocycles. The Kier molecular flexibility index (Phi) is 3.90. The van der Waals surface area contributed by atoms with E-state index in [1.807, 2.05) is 6.07 Å². The Bertz CT molecular complexity index is 428. The number of benzene rings is 1. The number of nitrogens with zero attached hydrogens (tertiary/aromatic N) is 1. The van der Waals surface area contributed by atoms with E-state index in [1.165, 1.54) is 11.3 Å². The normalized spacial score (nSPS) is 18.2. The quantitative estimate of drug-likeness (QED) is 0.869. The summed E-state index contributed by atoms with van der Waals surface area (Å²) in [5.74, 6) is 0.294. The minimum atomic E-state index is -0.699. The van der Waals surface area contributed by atoms with Gasteiger partial charge in [0.15, 0.2) is 0 Å². The van der Waals surface area contributed by atoms with Crippen LogP contribution in [0.5, 0.6) is 0 Å². The first-order valence-electron chi connectivity index (χ1n) is 6.63. The Hall–Kier alpha value is -1.51. The van der Waals surface area contributed by atoms with Gasteiger partial charge in [0.2, 0.25) is 0 Å². The second-order valence-electron chi connectivity index (χ2n) is 5.49. The molecular formula is C15H21NO2. The fraction of sp³-hybridized carbons (Fsp3) is 0.533. The molecule has 3 heteroatoms. The Morgan fingerprint density at radius 3 is 2.83 bits per heavy atom. The number of aliphatic carboxylic acids is 1.